The molecule has 0 aliphatic heterocycles. The van der Waals surface area contributed by atoms with Gasteiger partial charge in [0.05, 0.1) is 5.56 Å². The number of hydrogen-bond donors (Lipinski definition) is 2. The topological polar surface area (TPSA) is 75.6 Å². The molecule has 0 bridgehead atoms. The molecule has 0 aliphatic carbocycles. The first-order chi connectivity index (χ1) is 7.15. The molecule has 80 valence electrons. The first-order valence-corrected chi connectivity index (χ1v) is 4.31. The van der Waals surface area contributed by atoms with E-state index < -0.39 is 18.6 Å². The fourth-order valence-corrected chi connectivity index (χ4v) is 1.07. The Morgan fingerprint density at radius 3 is 2.67 bits per heavy atom. The summed E-state index contributed by atoms with van der Waals surface area (Å²) in [6, 6.07) is 6.30. The maximum Gasteiger partial charge on any atom is 0.308 e. The Labute approximate surface area is 86.7 Å². The first-order valence-electron chi connectivity index (χ1n) is 4.31. The normalized spacial score (nSPS) is 9.47. The van der Waals surface area contributed by atoms with E-state index >= 15 is 0 Å². The van der Waals surface area contributed by atoms with Gasteiger partial charge in [-0.3, -0.25) is 9.59 Å². The van der Waals surface area contributed by atoms with Crippen molar-refractivity contribution in [2.75, 3.05) is 6.73 Å². The lowest BCUT2D eigenvalue weighted by molar-refractivity contribution is -0.131. The summed E-state index contributed by atoms with van der Waals surface area (Å²) in [6.45, 7) is 0.786. The molecule has 5 nitrogen and oxygen atoms in total. The standard InChI is InChI=1S/C10H11NO4/c1-7(13)15-9-5-3-2-4-8(9)10(14)11-6-12/h2-5,12H,6H2,1H3,(H,11,14). The fraction of sp³-hybridized carbons (Fsp3) is 0.200. The summed E-state index contributed by atoms with van der Waals surface area (Å²) in [7, 11) is 0. The van der Waals surface area contributed by atoms with E-state index in [0.29, 0.717) is 0 Å². The SMILES string of the molecule is CC(=O)Oc1ccccc1C(=O)NCO. The molecule has 2 N–H and O–H groups in total. The van der Waals surface area contributed by atoms with Crippen LogP contribution < -0.4 is 10.1 Å². The van der Waals surface area contributed by atoms with Crippen LogP contribution in [0.3, 0.4) is 0 Å². The van der Waals surface area contributed by atoms with Crippen LogP contribution in [0.4, 0.5) is 0 Å². The summed E-state index contributed by atoms with van der Waals surface area (Å²) in [5.41, 5.74) is 0.210. The third kappa shape index (κ3) is 3.07. The van der Waals surface area contributed by atoms with Crippen LogP contribution in [0.5, 0.6) is 5.75 Å². The zero-order valence-electron chi connectivity index (χ0n) is 8.19. The molecule has 0 fully saturated rings. The molecule has 0 heterocycles. The maximum absolute atomic E-state index is 11.4. The Morgan fingerprint density at radius 2 is 2.07 bits per heavy atom. The van der Waals surface area contributed by atoms with Crippen molar-refractivity contribution in [3.8, 4) is 5.75 Å². The molecule has 0 radical (unpaired) electrons. The lowest BCUT2D eigenvalue weighted by atomic mass is 10.2. The van der Waals surface area contributed by atoms with E-state index in [-0.39, 0.29) is 11.3 Å². The third-order valence-corrected chi connectivity index (χ3v) is 1.62. The second-order valence-corrected chi connectivity index (χ2v) is 2.75. The molecule has 0 unspecified atom stereocenters. The number of carbonyl (C=O) groups excluding carboxylic acids is 2. The van der Waals surface area contributed by atoms with Crippen molar-refractivity contribution in [1.29, 1.82) is 0 Å². The van der Waals surface area contributed by atoms with Gasteiger partial charge in [0.2, 0.25) is 0 Å². The number of rotatable bonds is 3. The van der Waals surface area contributed by atoms with Crippen LogP contribution in [0.2, 0.25) is 0 Å². The van der Waals surface area contributed by atoms with Crippen LogP contribution in [0.25, 0.3) is 0 Å². The number of aliphatic hydroxyl groups excluding tert-OH is 1. The molecule has 0 spiro atoms. The molecule has 1 amide bonds. The highest BCUT2D eigenvalue weighted by Crippen LogP contribution is 2.17. The number of esters is 1. The highest BCUT2D eigenvalue weighted by atomic mass is 16.5. The smallest absolute Gasteiger partial charge is 0.308 e. The summed E-state index contributed by atoms with van der Waals surface area (Å²) in [4.78, 5) is 22.1. The van der Waals surface area contributed by atoms with Gasteiger partial charge in [0, 0.05) is 6.92 Å². The van der Waals surface area contributed by atoms with Crippen molar-refractivity contribution in [1.82, 2.24) is 5.32 Å². The van der Waals surface area contributed by atoms with Crippen molar-refractivity contribution in [3.05, 3.63) is 29.8 Å². The van der Waals surface area contributed by atoms with Crippen LogP contribution >= 0.6 is 0 Å². The van der Waals surface area contributed by atoms with Crippen molar-refractivity contribution < 1.29 is 19.4 Å². The van der Waals surface area contributed by atoms with Crippen molar-refractivity contribution in [3.63, 3.8) is 0 Å². The van der Waals surface area contributed by atoms with E-state index in [9.17, 15) is 9.59 Å². The molecule has 5 heteroatoms. The molecule has 0 saturated carbocycles. The Balaban J connectivity index is 2.95. The Kier molecular flexibility index (Phi) is 3.82. The molecule has 0 aromatic heterocycles. The second-order valence-electron chi connectivity index (χ2n) is 2.75. The summed E-state index contributed by atoms with van der Waals surface area (Å²) < 4.78 is 4.83. The quantitative estimate of drug-likeness (QED) is 0.426. The molecule has 1 aromatic rings. The van der Waals surface area contributed by atoms with E-state index in [0.717, 1.165) is 0 Å². The van der Waals surface area contributed by atoms with Crippen LogP contribution in [0.1, 0.15) is 17.3 Å². The number of benzene rings is 1. The van der Waals surface area contributed by atoms with Crippen LogP contribution in [-0.2, 0) is 4.79 Å². The second kappa shape index (κ2) is 5.11. The van der Waals surface area contributed by atoms with Gasteiger partial charge in [0.15, 0.2) is 0 Å². The van der Waals surface area contributed by atoms with Crippen LogP contribution in [0, 0.1) is 0 Å². The van der Waals surface area contributed by atoms with E-state index in [4.69, 9.17) is 9.84 Å². The summed E-state index contributed by atoms with van der Waals surface area (Å²) in [6.07, 6.45) is 0. The monoisotopic (exact) mass is 209 g/mol. The van der Waals surface area contributed by atoms with E-state index in [1.165, 1.54) is 19.1 Å². The number of nitrogens with one attached hydrogen (secondary N) is 1. The van der Waals surface area contributed by atoms with Gasteiger partial charge in [-0.05, 0) is 12.1 Å². The van der Waals surface area contributed by atoms with Crippen LogP contribution in [0.15, 0.2) is 24.3 Å². The molecule has 15 heavy (non-hydrogen) atoms. The van der Waals surface area contributed by atoms with E-state index in [1.807, 2.05) is 0 Å². The van der Waals surface area contributed by atoms with E-state index in [2.05, 4.69) is 5.32 Å². The molecule has 0 atom stereocenters. The molecule has 0 saturated heterocycles. The zero-order chi connectivity index (χ0) is 11.3. The minimum absolute atomic E-state index is 0.177. The largest absolute Gasteiger partial charge is 0.426 e. The van der Waals surface area contributed by atoms with Gasteiger partial charge in [-0.25, -0.2) is 0 Å². The van der Waals surface area contributed by atoms with Gasteiger partial charge in [-0.2, -0.15) is 0 Å². The molecule has 0 aliphatic rings. The molecule has 1 rings (SSSR count). The summed E-state index contributed by atoms with van der Waals surface area (Å²) in [5, 5.41) is 10.7. The lowest BCUT2D eigenvalue weighted by Crippen LogP contribution is -2.24. The maximum atomic E-state index is 11.4. The lowest BCUT2D eigenvalue weighted by Gasteiger charge is -2.07. The number of ether oxygens (including phenoxy) is 1. The average Bonchev–Trinajstić information content (AvgIpc) is 2.18. The predicted octanol–water partition coefficient (Wildman–Crippen LogP) is 0.291. The van der Waals surface area contributed by atoms with Crippen LogP contribution in [-0.4, -0.2) is 23.7 Å². The number of hydrogen-bond acceptors (Lipinski definition) is 4. The molecule has 1 aromatic carbocycles. The minimum atomic E-state index is -0.501. The number of para-hydroxylation sites is 1. The Morgan fingerprint density at radius 1 is 1.40 bits per heavy atom. The first kappa shape index (κ1) is 11.2. The van der Waals surface area contributed by atoms with E-state index in [1.54, 1.807) is 12.1 Å². The van der Waals surface area contributed by atoms with Gasteiger partial charge in [0.1, 0.15) is 12.5 Å². The Hall–Kier alpha value is -1.88. The molecular weight excluding hydrogens is 198 g/mol. The van der Waals surface area contributed by atoms with Gasteiger partial charge in [-0.1, -0.05) is 12.1 Å². The van der Waals surface area contributed by atoms with Crippen molar-refractivity contribution in [2.45, 2.75) is 6.92 Å². The number of carbonyl (C=O) groups is 2. The summed E-state index contributed by atoms with van der Waals surface area (Å²) >= 11 is 0. The van der Waals surface area contributed by atoms with Gasteiger partial charge in [0.25, 0.3) is 5.91 Å². The van der Waals surface area contributed by atoms with Gasteiger partial charge < -0.3 is 15.2 Å². The fourth-order valence-electron chi connectivity index (χ4n) is 1.07. The van der Waals surface area contributed by atoms with Crippen molar-refractivity contribution in [2.24, 2.45) is 0 Å². The zero-order valence-corrected chi connectivity index (χ0v) is 8.19. The van der Waals surface area contributed by atoms with Gasteiger partial charge in [-0.15, -0.1) is 0 Å². The highest BCUT2D eigenvalue weighted by molar-refractivity contribution is 5.97. The van der Waals surface area contributed by atoms with Gasteiger partial charge >= 0.3 is 5.97 Å². The Bertz CT molecular complexity index is 375. The molecular formula is C10H11NO4. The number of aliphatic hydroxyl groups is 1. The third-order valence-electron chi connectivity index (χ3n) is 1.62. The highest BCUT2D eigenvalue weighted by Gasteiger charge is 2.12. The average molecular weight is 209 g/mol. The summed E-state index contributed by atoms with van der Waals surface area (Å²) in [5.74, 6) is -0.815. The predicted molar refractivity (Wildman–Crippen MR) is 52.3 cm³/mol. The van der Waals surface area contributed by atoms with Crippen molar-refractivity contribution >= 4 is 11.9 Å². The number of amides is 1. The minimum Gasteiger partial charge on any atom is -0.426 e.